The summed E-state index contributed by atoms with van der Waals surface area (Å²) in [4.78, 5) is 6.05. The molecule has 0 unspecified atom stereocenters. The van der Waals surface area contributed by atoms with E-state index < -0.39 is 0 Å². The van der Waals surface area contributed by atoms with Crippen molar-refractivity contribution >= 4 is 11.3 Å². The van der Waals surface area contributed by atoms with E-state index in [1.165, 1.54) is 30.6 Å². The first-order chi connectivity index (χ1) is 8.75. The maximum atomic E-state index is 5.91. The Morgan fingerprint density at radius 1 is 1.28 bits per heavy atom. The lowest BCUT2D eigenvalue weighted by Crippen LogP contribution is -2.27. The van der Waals surface area contributed by atoms with Crippen LogP contribution in [0.5, 0.6) is 0 Å². The summed E-state index contributed by atoms with van der Waals surface area (Å²) >= 11 is 1.76. The number of rotatable bonds is 4. The number of aromatic nitrogens is 1. The third-order valence-corrected chi connectivity index (χ3v) is 5.30. The molecule has 2 N–H and O–H groups in total. The highest BCUT2D eigenvalue weighted by molar-refractivity contribution is 7.11. The molecule has 1 aliphatic rings. The molecule has 102 valence electrons. The third-order valence-electron chi connectivity index (χ3n) is 3.99. The summed E-state index contributed by atoms with van der Waals surface area (Å²) in [7, 11) is 1.83. The molecule has 0 bridgehead atoms. The van der Waals surface area contributed by atoms with E-state index in [9.17, 15) is 0 Å². The van der Waals surface area contributed by atoms with Crippen molar-refractivity contribution in [3.63, 3.8) is 0 Å². The van der Waals surface area contributed by atoms with Crippen molar-refractivity contribution < 1.29 is 4.74 Å². The van der Waals surface area contributed by atoms with Crippen LogP contribution in [0, 0.1) is 0 Å². The van der Waals surface area contributed by atoms with Crippen molar-refractivity contribution in [3.05, 3.63) is 15.6 Å². The Labute approximate surface area is 114 Å². The number of nitrogens with zero attached hydrogens (tertiary/aromatic N) is 1. The van der Waals surface area contributed by atoms with Gasteiger partial charge in [0, 0.05) is 18.5 Å². The average molecular weight is 268 g/mol. The normalized spacial score (nSPS) is 19.7. The quantitative estimate of drug-likeness (QED) is 0.852. The second-order valence-electron chi connectivity index (χ2n) is 5.06. The monoisotopic (exact) mass is 268 g/mol. The first-order valence-corrected chi connectivity index (χ1v) is 7.81. The van der Waals surface area contributed by atoms with E-state index in [0.29, 0.717) is 6.54 Å². The summed E-state index contributed by atoms with van der Waals surface area (Å²) in [5.74, 6) is 0. The minimum atomic E-state index is -0.140. The van der Waals surface area contributed by atoms with Crippen LogP contribution in [-0.2, 0) is 23.3 Å². The Balaban J connectivity index is 2.33. The summed E-state index contributed by atoms with van der Waals surface area (Å²) in [5, 5.41) is 1.16. The smallest absolute Gasteiger partial charge is 0.125 e. The Bertz CT molecular complexity index is 360. The third kappa shape index (κ3) is 2.60. The number of ether oxygens (including phenoxy) is 1. The highest BCUT2D eigenvalue weighted by Crippen LogP contribution is 2.41. The molecule has 1 fully saturated rings. The largest absolute Gasteiger partial charge is 0.371 e. The van der Waals surface area contributed by atoms with E-state index in [1.807, 2.05) is 7.11 Å². The molecule has 1 aliphatic carbocycles. The molecule has 1 aromatic heterocycles. The van der Waals surface area contributed by atoms with Crippen molar-refractivity contribution in [1.29, 1.82) is 0 Å². The molecule has 0 saturated heterocycles. The van der Waals surface area contributed by atoms with Crippen LogP contribution in [0.1, 0.15) is 61.0 Å². The van der Waals surface area contributed by atoms with Gasteiger partial charge in [0.25, 0.3) is 0 Å². The molecule has 3 nitrogen and oxygen atoms in total. The minimum absolute atomic E-state index is 0.140. The van der Waals surface area contributed by atoms with Gasteiger partial charge < -0.3 is 10.5 Å². The number of nitrogens with two attached hydrogens (primary N) is 1. The molecule has 0 radical (unpaired) electrons. The number of hydrogen-bond donors (Lipinski definition) is 1. The van der Waals surface area contributed by atoms with Gasteiger partial charge in [0.2, 0.25) is 0 Å². The van der Waals surface area contributed by atoms with Gasteiger partial charge in [-0.15, -0.1) is 11.3 Å². The van der Waals surface area contributed by atoms with Crippen LogP contribution in [0.2, 0.25) is 0 Å². The first kappa shape index (κ1) is 14.0. The van der Waals surface area contributed by atoms with E-state index in [4.69, 9.17) is 15.5 Å². The highest BCUT2D eigenvalue weighted by atomic mass is 32.1. The topological polar surface area (TPSA) is 48.1 Å². The van der Waals surface area contributed by atoms with Gasteiger partial charge in [-0.25, -0.2) is 4.98 Å². The van der Waals surface area contributed by atoms with E-state index in [-0.39, 0.29) is 5.60 Å². The van der Waals surface area contributed by atoms with Gasteiger partial charge in [-0.1, -0.05) is 32.6 Å². The van der Waals surface area contributed by atoms with Crippen molar-refractivity contribution in [3.8, 4) is 0 Å². The maximum absolute atomic E-state index is 5.91. The predicted molar refractivity (Wildman–Crippen MR) is 75.8 cm³/mol. The highest BCUT2D eigenvalue weighted by Gasteiger charge is 2.36. The summed E-state index contributed by atoms with van der Waals surface area (Å²) < 4.78 is 5.91. The molecule has 1 saturated carbocycles. The minimum Gasteiger partial charge on any atom is -0.371 e. The predicted octanol–water partition coefficient (Wildman–Crippen LogP) is 3.36. The van der Waals surface area contributed by atoms with Crippen molar-refractivity contribution in [1.82, 2.24) is 4.98 Å². The number of thiazole rings is 1. The Kier molecular flexibility index (Phi) is 4.76. The van der Waals surface area contributed by atoms with E-state index in [0.717, 1.165) is 30.0 Å². The van der Waals surface area contributed by atoms with Gasteiger partial charge >= 0.3 is 0 Å². The fraction of sp³-hybridized carbons (Fsp3) is 0.786. The molecule has 0 aromatic carbocycles. The summed E-state index contributed by atoms with van der Waals surface area (Å²) in [6, 6.07) is 0. The van der Waals surface area contributed by atoms with Gasteiger partial charge in [0.15, 0.2) is 0 Å². The van der Waals surface area contributed by atoms with Crippen LogP contribution >= 0.6 is 11.3 Å². The molecule has 0 spiro atoms. The van der Waals surface area contributed by atoms with Gasteiger partial charge in [-0.3, -0.25) is 0 Å². The number of aryl methyl sites for hydroxylation is 1. The zero-order chi connectivity index (χ0) is 13.0. The van der Waals surface area contributed by atoms with Gasteiger partial charge in [0.05, 0.1) is 5.69 Å². The summed E-state index contributed by atoms with van der Waals surface area (Å²) in [6.45, 7) is 2.74. The second kappa shape index (κ2) is 6.13. The van der Waals surface area contributed by atoms with Gasteiger partial charge in [-0.05, 0) is 19.3 Å². The first-order valence-electron chi connectivity index (χ1n) is 7.00. The standard InChI is InChI=1S/C14H24N2OS/c1-3-11-12(10-15)18-13(16-11)14(17-2)8-6-4-5-7-9-14/h3-10,15H2,1-2H3. The lowest BCUT2D eigenvalue weighted by molar-refractivity contribution is -0.0280. The maximum Gasteiger partial charge on any atom is 0.125 e. The fourth-order valence-corrected chi connectivity index (χ4v) is 4.07. The van der Waals surface area contributed by atoms with Crippen LogP contribution in [-0.4, -0.2) is 12.1 Å². The van der Waals surface area contributed by atoms with Crippen molar-refractivity contribution in [2.24, 2.45) is 5.73 Å². The molecule has 0 atom stereocenters. The molecule has 0 amide bonds. The zero-order valence-electron chi connectivity index (χ0n) is 11.5. The van der Waals surface area contributed by atoms with E-state index in [1.54, 1.807) is 11.3 Å². The number of methoxy groups -OCH3 is 1. The summed E-state index contributed by atoms with van der Waals surface area (Å²) in [6.07, 6.45) is 8.29. The summed E-state index contributed by atoms with van der Waals surface area (Å²) in [5.41, 5.74) is 6.84. The molecule has 18 heavy (non-hydrogen) atoms. The second-order valence-corrected chi connectivity index (χ2v) is 6.14. The van der Waals surface area contributed by atoms with Gasteiger partial charge in [0.1, 0.15) is 10.6 Å². The van der Waals surface area contributed by atoms with E-state index in [2.05, 4.69) is 6.92 Å². The van der Waals surface area contributed by atoms with Crippen LogP contribution in [0.3, 0.4) is 0 Å². The van der Waals surface area contributed by atoms with Crippen LogP contribution < -0.4 is 5.73 Å². The average Bonchev–Trinajstić information content (AvgIpc) is 2.69. The SMILES string of the molecule is CCc1nc(C2(OC)CCCCCC2)sc1CN. The van der Waals surface area contributed by atoms with Crippen LogP contribution in [0.4, 0.5) is 0 Å². The molecule has 0 aliphatic heterocycles. The molecule has 1 aromatic rings. The lowest BCUT2D eigenvalue weighted by atomic mass is 9.95. The Hall–Kier alpha value is -0.450. The Morgan fingerprint density at radius 2 is 1.94 bits per heavy atom. The zero-order valence-corrected chi connectivity index (χ0v) is 12.3. The van der Waals surface area contributed by atoms with Crippen molar-refractivity contribution in [2.45, 2.75) is 64.0 Å². The van der Waals surface area contributed by atoms with E-state index >= 15 is 0 Å². The molecule has 2 rings (SSSR count). The van der Waals surface area contributed by atoms with Crippen LogP contribution in [0.25, 0.3) is 0 Å². The lowest BCUT2D eigenvalue weighted by Gasteiger charge is -2.29. The molecule has 1 heterocycles. The van der Waals surface area contributed by atoms with Gasteiger partial charge in [-0.2, -0.15) is 0 Å². The molecule has 4 heteroatoms. The van der Waals surface area contributed by atoms with Crippen molar-refractivity contribution in [2.75, 3.05) is 7.11 Å². The fourth-order valence-electron chi connectivity index (χ4n) is 2.82. The van der Waals surface area contributed by atoms with Crippen LogP contribution in [0.15, 0.2) is 0 Å². The molecular formula is C14H24N2OS. The molecular weight excluding hydrogens is 244 g/mol. The number of hydrogen-bond acceptors (Lipinski definition) is 4. The Morgan fingerprint density at radius 3 is 2.39 bits per heavy atom.